The van der Waals surface area contributed by atoms with Gasteiger partial charge in [0.05, 0.1) is 0 Å². The van der Waals surface area contributed by atoms with E-state index in [4.69, 9.17) is 11.6 Å². The average Bonchev–Trinajstić information content (AvgIpc) is 2.77. The minimum Gasteiger partial charge on any atom is -0.368 e. The highest BCUT2D eigenvalue weighted by atomic mass is 35.5. The molecule has 0 bridgehead atoms. The maximum Gasteiger partial charge on any atom is 0.435 e. The van der Waals surface area contributed by atoms with Crippen LogP contribution in [-0.2, 0) is 6.18 Å². The number of nitrogens with one attached hydrogen (secondary N) is 1. The molecular weight excluding hydrogens is 293 g/mol. The summed E-state index contributed by atoms with van der Waals surface area (Å²) >= 11 is 5.89. The van der Waals surface area contributed by atoms with Crippen molar-refractivity contribution in [2.75, 3.05) is 11.9 Å². The largest absolute Gasteiger partial charge is 0.435 e. The lowest BCUT2D eigenvalue weighted by molar-refractivity contribution is -0.141. The van der Waals surface area contributed by atoms with Gasteiger partial charge < -0.3 is 5.32 Å². The van der Waals surface area contributed by atoms with Gasteiger partial charge in [0.1, 0.15) is 5.52 Å². The summed E-state index contributed by atoms with van der Waals surface area (Å²) in [6, 6.07) is 1.00. The fourth-order valence-corrected chi connectivity index (χ4v) is 2.76. The van der Waals surface area contributed by atoms with E-state index in [1.54, 1.807) is 0 Å². The van der Waals surface area contributed by atoms with Crippen molar-refractivity contribution in [2.45, 2.75) is 24.4 Å². The molecule has 0 spiro atoms. The molecule has 20 heavy (non-hydrogen) atoms. The van der Waals surface area contributed by atoms with Crippen LogP contribution >= 0.6 is 11.6 Å². The Bertz CT molecular complexity index is 619. The number of rotatable bonds is 3. The van der Waals surface area contributed by atoms with Crippen LogP contribution in [0.3, 0.4) is 0 Å². The molecule has 2 aromatic heterocycles. The zero-order valence-electron chi connectivity index (χ0n) is 10.4. The molecule has 108 valence electrons. The zero-order valence-corrected chi connectivity index (χ0v) is 11.1. The molecule has 1 saturated carbocycles. The SMILES string of the molecule is FC(F)(F)c1cc2c(NCC3CC(Cl)C3)nccn2n1. The Morgan fingerprint density at radius 1 is 1.40 bits per heavy atom. The number of hydrogen-bond donors (Lipinski definition) is 1. The molecule has 0 aliphatic heterocycles. The first-order valence-electron chi connectivity index (χ1n) is 6.23. The van der Waals surface area contributed by atoms with Gasteiger partial charge in [0, 0.05) is 30.4 Å². The van der Waals surface area contributed by atoms with Crippen LogP contribution in [0.5, 0.6) is 0 Å². The van der Waals surface area contributed by atoms with E-state index in [0.717, 1.165) is 18.9 Å². The predicted molar refractivity (Wildman–Crippen MR) is 68.8 cm³/mol. The highest BCUT2D eigenvalue weighted by Gasteiger charge is 2.34. The summed E-state index contributed by atoms with van der Waals surface area (Å²) in [6.07, 6.45) is 0.208. The van der Waals surface area contributed by atoms with Crippen LogP contribution in [-0.4, -0.2) is 26.5 Å². The van der Waals surface area contributed by atoms with Crippen LogP contribution in [0.1, 0.15) is 18.5 Å². The second kappa shape index (κ2) is 4.80. The van der Waals surface area contributed by atoms with Crippen LogP contribution in [0, 0.1) is 5.92 Å². The van der Waals surface area contributed by atoms with Gasteiger partial charge in [0.25, 0.3) is 0 Å². The van der Waals surface area contributed by atoms with E-state index in [1.807, 2.05) is 0 Å². The number of nitrogens with zero attached hydrogens (tertiary/aromatic N) is 3. The molecule has 0 unspecified atom stereocenters. The molecule has 0 amide bonds. The van der Waals surface area contributed by atoms with Gasteiger partial charge in [-0.3, -0.25) is 0 Å². The van der Waals surface area contributed by atoms with Gasteiger partial charge >= 0.3 is 6.18 Å². The molecule has 8 heteroatoms. The van der Waals surface area contributed by atoms with Crippen molar-refractivity contribution < 1.29 is 13.2 Å². The third-order valence-corrected chi connectivity index (χ3v) is 3.77. The molecular formula is C12H12ClF3N4. The first kappa shape index (κ1) is 13.5. The minimum absolute atomic E-state index is 0.220. The van der Waals surface area contributed by atoms with Gasteiger partial charge in [-0.2, -0.15) is 18.3 Å². The predicted octanol–water partition coefficient (Wildman–Crippen LogP) is 3.18. The van der Waals surface area contributed by atoms with E-state index in [1.165, 1.54) is 16.9 Å². The first-order chi connectivity index (χ1) is 9.43. The van der Waals surface area contributed by atoms with Crippen molar-refractivity contribution in [2.24, 2.45) is 5.92 Å². The van der Waals surface area contributed by atoms with Gasteiger partial charge in [-0.15, -0.1) is 11.6 Å². The number of anilines is 1. The van der Waals surface area contributed by atoms with Gasteiger partial charge in [-0.1, -0.05) is 0 Å². The molecule has 2 aromatic rings. The van der Waals surface area contributed by atoms with Gasteiger partial charge in [0.2, 0.25) is 0 Å². The lowest BCUT2D eigenvalue weighted by Gasteiger charge is -2.31. The number of halogens is 4. The van der Waals surface area contributed by atoms with E-state index in [-0.39, 0.29) is 5.38 Å². The smallest absolute Gasteiger partial charge is 0.368 e. The molecule has 0 radical (unpaired) electrons. The standard InChI is InChI=1S/C12H12ClF3N4/c13-8-3-7(4-8)6-18-11-9-5-10(12(14,15)16)19-20(9)2-1-17-11/h1-2,5,7-8H,3-4,6H2,(H,17,18). The Hall–Kier alpha value is -1.50. The van der Waals surface area contributed by atoms with Crippen LogP contribution in [0.25, 0.3) is 5.52 Å². The summed E-state index contributed by atoms with van der Waals surface area (Å²) in [6.45, 7) is 0.655. The Balaban J connectivity index is 1.81. The Morgan fingerprint density at radius 2 is 2.15 bits per heavy atom. The third kappa shape index (κ3) is 2.54. The monoisotopic (exact) mass is 304 g/mol. The van der Waals surface area contributed by atoms with E-state index >= 15 is 0 Å². The highest BCUT2D eigenvalue weighted by molar-refractivity contribution is 6.21. The zero-order chi connectivity index (χ0) is 14.3. The van der Waals surface area contributed by atoms with Gasteiger partial charge in [0.15, 0.2) is 11.5 Å². The second-order valence-corrected chi connectivity index (χ2v) is 5.57. The summed E-state index contributed by atoms with van der Waals surface area (Å²) in [7, 11) is 0. The summed E-state index contributed by atoms with van der Waals surface area (Å²) < 4.78 is 39.1. The second-order valence-electron chi connectivity index (χ2n) is 4.95. The molecule has 0 aromatic carbocycles. The summed E-state index contributed by atoms with van der Waals surface area (Å²) in [5.74, 6) is 0.859. The Morgan fingerprint density at radius 3 is 2.80 bits per heavy atom. The number of aromatic nitrogens is 3. The van der Waals surface area contributed by atoms with Gasteiger partial charge in [-0.05, 0) is 18.8 Å². The van der Waals surface area contributed by atoms with Crippen molar-refractivity contribution in [3.05, 3.63) is 24.2 Å². The van der Waals surface area contributed by atoms with Crippen molar-refractivity contribution in [1.82, 2.24) is 14.6 Å². The minimum atomic E-state index is -4.46. The highest BCUT2D eigenvalue weighted by Crippen LogP contribution is 2.33. The fourth-order valence-electron chi connectivity index (χ4n) is 2.26. The number of alkyl halides is 4. The third-order valence-electron chi connectivity index (χ3n) is 3.42. The molecule has 4 nitrogen and oxygen atoms in total. The number of fused-ring (bicyclic) bond motifs is 1. The van der Waals surface area contributed by atoms with Crippen molar-refractivity contribution in [1.29, 1.82) is 0 Å². The average molecular weight is 305 g/mol. The molecule has 2 heterocycles. The molecule has 0 saturated heterocycles. The van der Waals surface area contributed by atoms with Crippen molar-refractivity contribution >= 4 is 22.9 Å². The quantitative estimate of drug-likeness (QED) is 0.886. The molecule has 1 aliphatic carbocycles. The first-order valence-corrected chi connectivity index (χ1v) is 6.66. The van der Waals surface area contributed by atoms with Crippen LogP contribution in [0.4, 0.5) is 19.0 Å². The summed E-state index contributed by atoms with van der Waals surface area (Å²) in [5, 5.41) is 6.81. The molecule has 1 fully saturated rings. The van der Waals surface area contributed by atoms with E-state index in [2.05, 4.69) is 15.4 Å². The fraction of sp³-hybridized carbons (Fsp3) is 0.500. The lowest BCUT2D eigenvalue weighted by Crippen LogP contribution is -2.30. The number of hydrogen-bond acceptors (Lipinski definition) is 3. The van der Waals surface area contributed by atoms with Crippen LogP contribution < -0.4 is 5.32 Å². The Kier molecular flexibility index (Phi) is 3.24. The summed E-state index contributed by atoms with van der Waals surface area (Å²) in [4.78, 5) is 4.08. The van der Waals surface area contributed by atoms with Crippen molar-refractivity contribution in [3.63, 3.8) is 0 Å². The van der Waals surface area contributed by atoms with E-state index in [0.29, 0.717) is 23.8 Å². The summed E-state index contributed by atoms with van der Waals surface area (Å²) in [5.41, 5.74) is -0.598. The molecule has 1 N–H and O–H groups in total. The Labute approximate surface area is 117 Å². The maximum atomic E-state index is 12.6. The van der Waals surface area contributed by atoms with Crippen LogP contribution in [0.2, 0.25) is 0 Å². The molecule has 1 aliphatic rings. The maximum absolute atomic E-state index is 12.6. The van der Waals surface area contributed by atoms with E-state index in [9.17, 15) is 13.2 Å². The lowest BCUT2D eigenvalue weighted by atomic mass is 9.85. The van der Waals surface area contributed by atoms with Crippen LogP contribution in [0.15, 0.2) is 18.5 Å². The normalized spacial score (nSPS) is 22.8. The molecule has 0 atom stereocenters. The topological polar surface area (TPSA) is 42.2 Å². The molecule has 3 rings (SSSR count). The van der Waals surface area contributed by atoms with Gasteiger partial charge in [-0.25, -0.2) is 9.50 Å². The van der Waals surface area contributed by atoms with Crippen molar-refractivity contribution in [3.8, 4) is 0 Å². The van der Waals surface area contributed by atoms with E-state index < -0.39 is 11.9 Å².